The molecule has 4 nitrogen and oxygen atoms in total. The molecule has 0 heterocycles. The number of benzene rings is 1. The van der Waals surface area contributed by atoms with Crippen molar-refractivity contribution in [3.8, 4) is 0 Å². The second-order valence-corrected chi connectivity index (χ2v) is 4.23. The predicted molar refractivity (Wildman–Crippen MR) is 57.6 cm³/mol. The van der Waals surface area contributed by atoms with E-state index in [0.717, 1.165) is 11.1 Å². The van der Waals surface area contributed by atoms with Crippen molar-refractivity contribution in [2.45, 2.75) is 20.3 Å². The van der Waals surface area contributed by atoms with E-state index in [2.05, 4.69) is 0 Å². The summed E-state index contributed by atoms with van der Waals surface area (Å²) in [6.45, 7) is 3.21. The summed E-state index contributed by atoms with van der Waals surface area (Å²) in [5.74, 6) is -4.86. The van der Waals surface area contributed by atoms with Crippen molar-refractivity contribution < 1.29 is 19.8 Å². The Morgan fingerprint density at radius 3 is 2.35 bits per heavy atom. The van der Waals surface area contributed by atoms with Crippen molar-refractivity contribution in [2.24, 2.45) is 11.8 Å². The Balaban J connectivity index is 2.88. The normalized spacial score (nSPS) is 14.0. The molecule has 17 heavy (non-hydrogen) atoms. The van der Waals surface area contributed by atoms with Crippen LogP contribution >= 0.6 is 0 Å². The number of aliphatic carboxylic acids is 2. The maximum atomic E-state index is 10.9. The van der Waals surface area contributed by atoms with Crippen molar-refractivity contribution in [3.63, 3.8) is 0 Å². The minimum absolute atomic E-state index is 0.138. The Kier molecular flexibility index (Phi) is 4.26. The first kappa shape index (κ1) is 13.2. The van der Waals surface area contributed by atoms with Crippen LogP contribution in [0.4, 0.5) is 0 Å². The average molecular weight is 234 g/mol. The number of aryl methyl sites for hydroxylation is 1. The Bertz CT molecular complexity index is 425. The molecule has 92 valence electrons. The van der Waals surface area contributed by atoms with Crippen LogP contribution in [0.1, 0.15) is 18.1 Å². The molecule has 0 aromatic heterocycles. The van der Waals surface area contributed by atoms with Gasteiger partial charge in [0, 0.05) is 23.8 Å². The van der Waals surface area contributed by atoms with Gasteiger partial charge < -0.3 is 19.8 Å². The first-order valence-corrected chi connectivity index (χ1v) is 5.39. The average Bonchev–Trinajstić information content (AvgIpc) is 2.24. The number of carboxylic acids is 2. The zero-order valence-electron chi connectivity index (χ0n) is 9.80. The molecule has 0 aliphatic rings. The van der Waals surface area contributed by atoms with Crippen molar-refractivity contribution >= 4 is 11.9 Å². The Labute approximate surface area is 99.9 Å². The van der Waals surface area contributed by atoms with Gasteiger partial charge in [0.15, 0.2) is 0 Å². The van der Waals surface area contributed by atoms with Crippen LogP contribution < -0.4 is 10.2 Å². The summed E-state index contributed by atoms with van der Waals surface area (Å²) in [6.07, 6.45) is 0.138. The van der Waals surface area contributed by atoms with E-state index in [1.165, 1.54) is 6.92 Å². The molecular weight excluding hydrogens is 220 g/mol. The predicted octanol–water partition coefficient (Wildman–Crippen LogP) is -0.710. The Morgan fingerprint density at radius 2 is 1.88 bits per heavy atom. The fourth-order valence-corrected chi connectivity index (χ4v) is 1.72. The lowest BCUT2D eigenvalue weighted by molar-refractivity contribution is -0.326. The van der Waals surface area contributed by atoms with E-state index in [9.17, 15) is 19.8 Å². The number of carboxylic acid groups (broad SMARTS) is 2. The molecule has 0 saturated carbocycles. The van der Waals surface area contributed by atoms with Crippen LogP contribution in [0.25, 0.3) is 0 Å². The van der Waals surface area contributed by atoms with Gasteiger partial charge in [0.05, 0.1) is 0 Å². The van der Waals surface area contributed by atoms with E-state index in [-0.39, 0.29) is 6.42 Å². The summed E-state index contributed by atoms with van der Waals surface area (Å²) in [6, 6.07) is 7.29. The minimum Gasteiger partial charge on any atom is -0.550 e. The fraction of sp³-hybridized carbons (Fsp3) is 0.385. The third-order valence-electron chi connectivity index (χ3n) is 2.82. The molecule has 0 aliphatic carbocycles. The second-order valence-electron chi connectivity index (χ2n) is 4.23. The third-order valence-corrected chi connectivity index (χ3v) is 2.82. The summed E-state index contributed by atoms with van der Waals surface area (Å²) in [4.78, 5) is 21.6. The summed E-state index contributed by atoms with van der Waals surface area (Å²) >= 11 is 0. The molecule has 0 fully saturated rings. The van der Waals surface area contributed by atoms with E-state index >= 15 is 0 Å². The van der Waals surface area contributed by atoms with Crippen molar-refractivity contribution in [1.82, 2.24) is 0 Å². The minimum atomic E-state index is -1.37. The maximum Gasteiger partial charge on any atom is 0.0455 e. The molecule has 4 heteroatoms. The highest BCUT2D eigenvalue weighted by Crippen LogP contribution is 2.17. The highest BCUT2D eigenvalue weighted by Gasteiger charge is 2.20. The van der Waals surface area contributed by atoms with Crippen molar-refractivity contribution in [1.29, 1.82) is 0 Å². The van der Waals surface area contributed by atoms with Crippen LogP contribution in [-0.2, 0) is 16.0 Å². The lowest BCUT2D eigenvalue weighted by Gasteiger charge is -2.25. The van der Waals surface area contributed by atoms with Gasteiger partial charge in [-0.1, -0.05) is 36.8 Å². The standard InChI is InChI=1S/C13H16O4/c1-8-4-3-5-10(6-8)7-11(13(16)17)9(2)12(14)15/h3-6,9,11H,7H2,1-2H3,(H,14,15)(H,16,17)/p-2/t9-,11-/m0/s1. The molecule has 0 unspecified atom stereocenters. The molecular formula is C13H14O4-2. The molecule has 1 aromatic rings. The van der Waals surface area contributed by atoms with Crippen LogP contribution in [0.2, 0.25) is 0 Å². The van der Waals surface area contributed by atoms with E-state index in [4.69, 9.17) is 0 Å². The van der Waals surface area contributed by atoms with Crippen LogP contribution in [0, 0.1) is 18.8 Å². The van der Waals surface area contributed by atoms with Gasteiger partial charge in [-0.15, -0.1) is 0 Å². The van der Waals surface area contributed by atoms with Crippen LogP contribution in [0.15, 0.2) is 24.3 Å². The number of hydrogen-bond acceptors (Lipinski definition) is 4. The fourth-order valence-electron chi connectivity index (χ4n) is 1.72. The van der Waals surface area contributed by atoms with Gasteiger partial charge in [-0.25, -0.2) is 0 Å². The number of carbonyl (C=O) groups is 2. The largest absolute Gasteiger partial charge is 0.550 e. The maximum absolute atomic E-state index is 10.9. The molecule has 0 N–H and O–H groups in total. The van der Waals surface area contributed by atoms with Gasteiger partial charge in [0.1, 0.15) is 0 Å². The lowest BCUT2D eigenvalue weighted by Crippen LogP contribution is -2.43. The zero-order valence-corrected chi connectivity index (χ0v) is 9.80. The first-order valence-electron chi connectivity index (χ1n) is 5.39. The molecule has 0 radical (unpaired) electrons. The molecule has 1 aromatic carbocycles. The van der Waals surface area contributed by atoms with Gasteiger partial charge in [-0.2, -0.15) is 0 Å². The number of rotatable bonds is 5. The van der Waals surface area contributed by atoms with Gasteiger partial charge in [0.2, 0.25) is 0 Å². The van der Waals surface area contributed by atoms with Gasteiger partial charge in [0.25, 0.3) is 0 Å². The van der Waals surface area contributed by atoms with Crippen molar-refractivity contribution in [3.05, 3.63) is 35.4 Å². The van der Waals surface area contributed by atoms with Gasteiger partial charge in [-0.3, -0.25) is 0 Å². The molecule has 1 rings (SSSR count). The van der Waals surface area contributed by atoms with E-state index in [1.54, 1.807) is 12.1 Å². The van der Waals surface area contributed by atoms with Crippen LogP contribution in [0.5, 0.6) is 0 Å². The second kappa shape index (κ2) is 5.48. The number of carbonyl (C=O) groups excluding carboxylic acids is 2. The molecule has 0 bridgehead atoms. The SMILES string of the molecule is Cc1cccc(C[C@H](C(=O)[O-])[C@H](C)C(=O)[O-])c1. The van der Waals surface area contributed by atoms with Gasteiger partial charge in [-0.05, 0) is 18.9 Å². The highest BCUT2D eigenvalue weighted by atomic mass is 16.4. The molecule has 0 spiro atoms. The Hall–Kier alpha value is -1.84. The van der Waals surface area contributed by atoms with Gasteiger partial charge >= 0.3 is 0 Å². The smallest absolute Gasteiger partial charge is 0.0455 e. The van der Waals surface area contributed by atoms with E-state index in [1.807, 2.05) is 19.1 Å². The highest BCUT2D eigenvalue weighted by molar-refractivity contribution is 5.77. The summed E-state index contributed by atoms with van der Waals surface area (Å²) < 4.78 is 0. The topological polar surface area (TPSA) is 80.3 Å². The monoisotopic (exact) mass is 234 g/mol. The molecule has 0 aliphatic heterocycles. The zero-order chi connectivity index (χ0) is 13.0. The summed E-state index contributed by atoms with van der Waals surface area (Å²) in [5.41, 5.74) is 1.79. The first-order chi connectivity index (χ1) is 7.91. The quantitative estimate of drug-likeness (QED) is 0.674. The molecule has 0 amide bonds. The molecule has 0 saturated heterocycles. The van der Waals surface area contributed by atoms with Crippen molar-refractivity contribution in [2.75, 3.05) is 0 Å². The summed E-state index contributed by atoms with van der Waals surface area (Å²) in [5, 5.41) is 21.6. The third kappa shape index (κ3) is 3.59. The summed E-state index contributed by atoms with van der Waals surface area (Å²) in [7, 11) is 0. The van der Waals surface area contributed by atoms with Crippen LogP contribution in [0.3, 0.4) is 0 Å². The Morgan fingerprint density at radius 1 is 1.24 bits per heavy atom. The van der Waals surface area contributed by atoms with E-state index in [0.29, 0.717) is 0 Å². The number of hydrogen-bond donors (Lipinski definition) is 0. The molecule has 2 atom stereocenters. The van der Waals surface area contributed by atoms with Crippen LogP contribution in [-0.4, -0.2) is 11.9 Å². The van der Waals surface area contributed by atoms with E-state index < -0.39 is 23.8 Å². The lowest BCUT2D eigenvalue weighted by atomic mass is 9.88.